The standard InChI is InChI=1S/C13H14ClN3O2S/c1-17-8-15-16-13(17)20-7-9-5-10(14)12-11(6-9)18-3-2-4-19-12/h5-6,8H,2-4,7H2,1H3. The van der Waals surface area contributed by atoms with E-state index < -0.39 is 0 Å². The first-order valence-corrected chi connectivity index (χ1v) is 7.65. The van der Waals surface area contributed by atoms with Crippen molar-refractivity contribution in [1.29, 1.82) is 0 Å². The smallest absolute Gasteiger partial charge is 0.191 e. The number of benzene rings is 1. The lowest BCUT2D eigenvalue weighted by molar-refractivity contribution is 0.297. The summed E-state index contributed by atoms with van der Waals surface area (Å²) in [5.41, 5.74) is 1.08. The molecule has 0 aliphatic carbocycles. The van der Waals surface area contributed by atoms with Crippen molar-refractivity contribution in [2.45, 2.75) is 17.3 Å². The van der Waals surface area contributed by atoms with E-state index in [2.05, 4.69) is 10.2 Å². The zero-order chi connectivity index (χ0) is 13.9. The van der Waals surface area contributed by atoms with E-state index in [4.69, 9.17) is 21.1 Å². The molecule has 0 radical (unpaired) electrons. The molecule has 1 aromatic heterocycles. The van der Waals surface area contributed by atoms with Crippen LogP contribution >= 0.6 is 23.4 Å². The van der Waals surface area contributed by atoms with Crippen molar-refractivity contribution in [1.82, 2.24) is 14.8 Å². The summed E-state index contributed by atoms with van der Waals surface area (Å²) in [5.74, 6) is 2.13. The van der Waals surface area contributed by atoms with Crippen molar-refractivity contribution in [3.05, 3.63) is 29.0 Å². The molecule has 1 aliphatic heterocycles. The van der Waals surface area contributed by atoms with E-state index in [0.29, 0.717) is 24.0 Å². The number of aromatic nitrogens is 3. The minimum atomic E-state index is 0.595. The minimum Gasteiger partial charge on any atom is -0.489 e. The Labute approximate surface area is 126 Å². The van der Waals surface area contributed by atoms with Crippen molar-refractivity contribution in [2.75, 3.05) is 13.2 Å². The van der Waals surface area contributed by atoms with E-state index >= 15 is 0 Å². The second kappa shape index (κ2) is 5.93. The molecule has 0 saturated heterocycles. The number of halogens is 1. The van der Waals surface area contributed by atoms with E-state index in [1.54, 1.807) is 18.1 Å². The van der Waals surface area contributed by atoms with Crippen LogP contribution in [0.4, 0.5) is 0 Å². The number of fused-ring (bicyclic) bond motifs is 1. The quantitative estimate of drug-likeness (QED) is 0.816. The van der Waals surface area contributed by atoms with Crippen LogP contribution in [0.25, 0.3) is 0 Å². The van der Waals surface area contributed by atoms with Gasteiger partial charge in [-0.15, -0.1) is 10.2 Å². The minimum absolute atomic E-state index is 0.595. The third kappa shape index (κ3) is 2.86. The Morgan fingerprint density at radius 3 is 3.00 bits per heavy atom. The molecule has 2 heterocycles. The monoisotopic (exact) mass is 311 g/mol. The Morgan fingerprint density at radius 1 is 1.35 bits per heavy atom. The van der Waals surface area contributed by atoms with E-state index in [9.17, 15) is 0 Å². The van der Waals surface area contributed by atoms with Crippen LogP contribution in [-0.4, -0.2) is 28.0 Å². The molecular weight excluding hydrogens is 298 g/mol. The largest absolute Gasteiger partial charge is 0.489 e. The van der Waals surface area contributed by atoms with E-state index in [0.717, 1.165) is 28.6 Å². The molecule has 0 unspecified atom stereocenters. The Hall–Kier alpha value is -1.40. The fourth-order valence-corrected chi connectivity index (χ4v) is 3.02. The molecule has 0 bridgehead atoms. The maximum absolute atomic E-state index is 6.26. The van der Waals surface area contributed by atoms with E-state index in [1.807, 2.05) is 23.7 Å². The second-order valence-electron chi connectivity index (χ2n) is 4.47. The van der Waals surface area contributed by atoms with Gasteiger partial charge in [-0.1, -0.05) is 23.4 Å². The molecule has 1 aliphatic rings. The van der Waals surface area contributed by atoms with Crippen LogP contribution in [0, 0.1) is 0 Å². The van der Waals surface area contributed by atoms with Crippen LogP contribution in [0.15, 0.2) is 23.6 Å². The van der Waals surface area contributed by atoms with Crippen LogP contribution in [0.2, 0.25) is 5.02 Å². The van der Waals surface area contributed by atoms with E-state index in [1.165, 1.54) is 0 Å². The highest BCUT2D eigenvalue weighted by Crippen LogP contribution is 2.39. The van der Waals surface area contributed by atoms with Crippen LogP contribution in [-0.2, 0) is 12.8 Å². The first-order valence-electron chi connectivity index (χ1n) is 6.29. The molecule has 3 rings (SSSR count). The summed E-state index contributed by atoms with van der Waals surface area (Å²) in [7, 11) is 1.92. The summed E-state index contributed by atoms with van der Waals surface area (Å²) < 4.78 is 13.2. The second-order valence-corrected chi connectivity index (χ2v) is 5.82. The molecule has 0 fully saturated rings. The number of thioether (sulfide) groups is 1. The predicted octanol–water partition coefficient (Wildman–Crippen LogP) is 2.92. The van der Waals surface area contributed by atoms with Gasteiger partial charge in [-0.2, -0.15) is 0 Å². The number of rotatable bonds is 3. The molecule has 7 heteroatoms. The first kappa shape index (κ1) is 13.6. The van der Waals surface area contributed by atoms with Gasteiger partial charge in [0, 0.05) is 19.2 Å². The van der Waals surface area contributed by atoms with Crippen molar-refractivity contribution < 1.29 is 9.47 Å². The number of nitrogens with zero attached hydrogens (tertiary/aromatic N) is 3. The zero-order valence-corrected chi connectivity index (χ0v) is 12.6. The van der Waals surface area contributed by atoms with Crippen molar-refractivity contribution >= 4 is 23.4 Å². The normalized spacial score (nSPS) is 14.1. The van der Waals surface area contributed by atoms with Gasteiger partial charge in [0.2, 0.25) is 0 Å². The lowest BCUT2D eigenvalue weighted by atomic mass is 10.2. The van der Waals surface area contributed by atoms with E-state index in [-0.39, 0.29) is 0 Å². The highest BCUT2D eigenvalue weighted by atomic mass is 35.5. The van der Waals surface area contributed by atoms with Crippen LogP contribution < -0.4 is 9.47 Å². The first-order chi connectivity index (χ1) is 9.74. The van der Waals surface area contributed by atoms with Gasteiger partial charge in [-0.3, -0.25) is 0 Å². The summed E-state index contributed by atoms with van der Waals surface area (Å²) in [5, 5.41) is 9.36. The molecule has 1 aromatic carbocycles. The SMILES string of the molecule is Cn1cnnc1SCc1cc(Cl)c2c(c1)OCCCO2. The zero-order valence-electron chi connectivity index (χ0n) is 11.0. The molecule has 106 valence electrons. The van der Waals surface area contributed by atoms with Gasteiger partial charge in [0.25, 0.3) is 0 Å². The van der Waals surface area contributed by atoms with Gasteiger partial charge < -0.3 is 14.0 Å². The Balaban J connectivity index is 1.79. The highest BCUT2D eigenvalue weighted by Gasteiger charge is 2.16. The lowest BCUT2D eigenvalue weighted by Gasteiger charge is -2.11. The third-order valence-corrected chi connectivity index (χ3v) is 4.29. The average Bonchev–Trinajstić information content (AvgIpc) is 2.70. The lowest BCUT2D eigenvalue weighted by Crippen LogP contribution is -1.97. The molecule has 0 amide bonds. The summed E-state index contributed by atoms with van der Waals surface area (Å²) in [4.78, 5) is 0. The maximum atomic E-state index is 6.26. The fraction of sp³-hybridized carbons (Fsp3) is 0.385. The highest BCUT2D eigenvalue weighted by molar-refractivity contribution is 7.98. The fourth-order valence-electron chi connectivity index (χ4n) is 1.92. The topological polar surface area (TPSA) is 49.2 Å². The van der Waals surface area contributed by atoms with Gasteiger partial charge in [0.15, 0.2) is 16.7 Å². The van der Waals surface area contributed by atoms with Crippen LogP contribution in [0.5, 0.6) is 11.5 Å². The van der Waals surface area contributed by atoms with Gasteiger partial charge in [0.1, 0.15) is 6.33 Å². The maximum Gasteiger partial charge on any atom is 0.191 e. The van der Waals surface area contributed by atoms with Crippen LogP contribution in [0.3, 0.4) is 0 Å². The molecule has 0 saturated carbocycles. The molecular formula is C13H14ClN3O2S. The van der Waals surface area contributed by atoms with Crippen LogP contribution in [0.1, 0.15) is 12.0 Å². The predicted molar refractivity (Wildman–Crippen MR) is 77.6 cm³/mol. The average molecular weight is 312 g/mol. The number of aryl methyl sites for hydroxylation is 1. The molecule has 2 aromatic rings. The molecule has 0 atom stereocenters. The Kier molecular flexibility index (Phi) is 4.03. The Bertz CT molecular complexity index is 618. The van der Waals surface area contributed by atoms with Crippen molar-refractivity contribution in [2.24, 2.45) is 7.05 Å². The molecule has 5 nitrogen and oxygen atoms in total. The van der Waals surface area contributed by atoms with Gasteiger partial charge in [0.05, 0.1) is 18.2 Å². The van der Waals surface area contributed by atoms with Gasteiger partial charge >= 0.3 is 0 Å². The Morgan fingerprint density at radius 2 is 2.20 bits per heavy atom. The number of hydrogen-bond acceptors (Lipinski definition) is 5. The summed E-state index contributed by atoms with van der Waals surface area (Å²) in [6, 6.07) is 3.90. The summed E-state index contributed by atoms with van der Waals surface area (Å²) in [6.45, 7) is 1.29. The number of hydrogen-bond donors (Lipinski definition) is 0. The summed E-state index contributed by atoms with van der Waals surface area (Å²) in [6.07, 6.45) is 2.55. The van der Waals surface area contributed by atoms with Crippen molar-refractivity contribution in [3.8, 4) is 11.5 Å². The van der Waals surface area contributed by atoms with Crippen molar-refractivity contribution in [3.63, 3.8) is 0 Å². The summed E-state index contributed by atoms with van der Waals surface area (Å²) >= 11 is 7.87. The molecule has 0 spiro atoms. The molecule has 20 heavy (non-hydrogen) atoms. The molecule has 0 N–H and O–H groups in total. The number of ether oxygens (including phenoxy) is 2. The third-order valence-electron chi connectivity index (χ3n) is 2.90. The van der Waals surface area contributed by atoms with Gasteiger partial charge in [-0.05, 0) is 17.7 Å². The van der Waals surface area contributed by atoms with Gasteiger partial charge in [-0.25, -0.2) is 0 Å².